The van der Waals surface area contributed by atoms with Gasteiger partial charge in [0.15, 0.2) is 0 Å². The predicted molar refractivity (Wildman–Crippen MR) is 103 cm³/mol. The van der Waals surface area contributed by atoms with Crippen molar-refractivity contribution in [3.05, 3.63) is 57.6 Å². The van der Waals surface area contributed by atoms with Gasteiger partial charge in [0.1, 0.15) is 10.6 Å². The van der Waals surface area contributed by atoms with Gasteiger partial charge in [-0.3, -0.25) is 4.79 Å². The van der Waals surface area contributed by atoms with E-state index in [1.54, 1.807) is 12.1 Å². The van der Waals surface area contributed by atoms with E-state index >= 15 is 0 Å². The number of amides is 1. The summed E-state index contributed by atoms with van der Waals surface area (Å²) >= 11 is 1.38. The molecule has 0 radical (unpaired) electrons. The van der Waals surface area contributed by atoms with Crippen LogP contribution in [0.2, 0.25) is 0 Å². The van der Waals surface area contributed by atoms with Crippen LogP contribution in [0.5, 0.6) is 5.75 Å². The van der Waals surface area contributed by atoms with Crippen molar-refractivity contribution >= 4 is 27.5 Å². The van der Waals surface area contributed by atoms with Crippen molar-refractivity contribution in [3.8, 4) is 5.75 Å². The molecular weight excluding hydrogens is 370 g/mol. The minimum Gasteiger partial charge on any atom is -0.433 e. The molecule has 0 unspecified atom stereocenters. The second kappa shape index (κ2) is 7.23. The molecule has 0 aliphatic carbocycles. The topological polar surface area (TPSA) is 51.2 Å². The third kappa shape index (κ3) is 4.42. The van der Waals surface area contributed by atoms with Crippen molar-refractivity contribution in [3.63, 3.8) is 0 Å². The Morgan fingerprint density at radius 3 is 2.52 bits per heavy atom. The van der Waals surface area contributed by atoms with Crippen LogP contribution >= 0.6 is 11.3 Å². The van der Waals surface area contributed by atoms with Crippen LogP contribution in [0.15, 0.2) is 30.3 Å². The minimum atomic E-state index is -3.22. The van der Waals surface area contributed by atoms with Crippen LogP contribution in [0.25, 0.3) is 10.2 Å². The summed E-state index contributed by atoms with van der Waals surface area (Å²) in [7, 11) is 0. The van der Waals surface area contributed by atoms with Crippen molar-refractivity contribution in [2.45, 2.75) is 40.3 Å². The number of benzene rings is 1. The van der Waals surface area contributed by atoms with E-state index in [2.05, 4.69) is 15.0 Å². The summed E-state index contributed by atoms with van der Waals surface area (Å²) < 4.78 is 30.2. The fourth-order valence-corrected chi connectivity index (χ4v) is 4.20. The molecule has 0 fully saturated rings. The Morgan fingerprint density at radius 1 is 1.22 bits per heavy atom. The first-order valence-electron chi connectivity index (χ1n) is 8.45. The number of hydrogen-bond donors (Lipinski definition) is 1. The lowest BCUT2D eigenvalue weighted by atomic mass is 10.1. The number of hydrogen-bond acceptors (Lipinski definition) is 4. The first-order valence-corrected chi connectivity index (χ1v) is 9.27. The van der Waals surface area contributed by atoms with Gasteiger partial charge in [-0.2, -0.15) is 8.78 Å². The molecule has 1 aromatic carbocycles. The van der Waals surface area contributed by atoms with Gasteiger partial charge in [0.05, 0.1) is 4.88 Å². The van der Waals surface area contributed by atoms with Gasteiger partial charge in [-0.05, 0) is 55.7 Å². The van der Waals surface area contributed by atoms with Gasteiger partial charge in [0.2, 0.25) is 0 Å². The summed E-state index contributed by atoms with van der Waals surface area (Å²) in [5, 5.41) is 3.90. The van der Waals surface area contributed by atoms with Crippen LogP contribution in [-0.2, 0) is 6.54 Å². The average molecular weight is 390 g/mol. The maximum absolute atomic E-state index is 12.8. The van der Waals surface area contributed by atoms with Crippen LogP contribution in [0, 0.1) is 20.8 Å². The Balaban J connectivity index is 1.72. The Bertz CT molecular complexity index is 992. The number of fused-ring (bicyclic) bond motifs is 1. The molecule has 0 bridgehead atoms. The van der Waals surface area contributed by atoms with Gasteiger partial charge in [0, 0.05) is 24.5 Å². The Hall–Kier alpha value is -2.54. The largest absolute Gasteiger partial charge is 0.433 e. The Labute approximate surface area is 160 Å². The predicted octanol–water partition coefficient (Wildman–Crippen LogP) is 5.14. The lowest BCUT2D eigenvalue weighted by Gasteiger charge is -2.13. The van der Waals surface area contributed by atoms with E-state index < -0.39 is 6.11 Å². The number of aromatic nitrogens is 1. The van der Waals surface area contributed by atoms with Crippen molar-refractivity contribution in [1.82, 2.24) is 10.3 Å². The molecule has 1 N–H and O–H groups in total. The second-order valence-electron chi connectivity index (χ2n) is 6.55. The molecule has 4 nitrogen and oxygen atoms in total. The van der Waals surface area contributed by atoms with E-state index in [-0.39, 0.29) is 11.7 Å². The highest BCUT2D eigenvalue weighted by atomic mass is 32.1. The summed E-state index contributed by atoms with van der Waals surface area (Å²) in [4.78, 5) is 18.6. The lowest BCUT2D eigenvalue weighted by Crippen LogP contribution is -2.22. The van der Waals surface area contributed by atoms with E-state index in [9.17, 15) is 13.6 Å². The molecule has 0 aliphatic rings. The molecule has 3 rings (SSSR count). The van der Waals surface area contributed by atoms with Crippen LogP contribution in [-0.4, -0.2) is 17.0 Å². The number of pyridine rings is 1. The van der Waals surface area contributed by atoms with Crippen molar-refractivity contribution in [2.24, 2.45) is 0 Å². The molecule has 7 heteroatoms. The quantitative estimate of drug-likeness (QED) is 0.656. The molecule has 0 spiro atoms. The maximum Gasteiger partial charge on any atom is 0.394 e. The van der Waals surface area contributed by atoms with E-state index in [1.807, 2.05) is 26.8 Å². The number of ether oxygens (including phenoxy) is 1. The summed E-state index contributed by atoms with van der Waals surface area (Å²) in [5.74, 6) is -0.0946. The first kappa shape index (κ1) is 19.2. The molecule has 2 heterocycles. The minimum absolute atomic E-state index is 0.0786. The molecule has 3 aromatic rings. The molecule has 0 saturated heterocycles. The molecule has 0 atom stereocenters. The molecule has 142 valence electrons. The van der Waals surface area contributed by atoms with Gasteiger partial charge in [-0.25, -0.2) is 4.98 Å². The van der Waals surface area contributed by atoms with Crippen molar-refractivity contribution in [2.75, 3.05) is 0 Å². The first-order chi connectivity index (χ1) is 12.6. The second-order valence-corrected chi connectivity index (χ2v) is 7.55. The third-order valence-electron chi connectivity index (χ3n) is 4.11. The number of rotatable bonds is 5. The summed E-state index contributed by atoms with van der Waals surface area (Å²) in [6.07, 6.45) is -3.22. The smallest absolute Gasteiger partial charge is 0.394 e. The monoisotopic (exact) mass is 390 g/mol. The van der Waals surface area contributed by atoms with Crippen LogP contribution in [0.1, 0.15) is 39.0 Å². The molecule has 2 aromatic heterocycles. The van der Waals surface area contributed by atoms with Crippen LogP contribution < -0.4 is 10.1 Å². The van der Waals surface area contributed by atoms with Gasteiger partial charge in [-0.15, -0.1) is 11.3 Å². The normalized spacial score (nSPS) is 11.6. The number of alkyl halides is 2. The molecular formula is C20H20F2N2O2S. The Kier molecular flexibility index (Phi) is 5.15. The number of aryl methyl sites for hydroxylation is 3. The number of carbonyl (C=O) groups is 1. The summed E-state index contributed by atoms with van der Waals surface area (Å²) in [6, 6.07) is 8.22. The summed E-state index contributed by atoms with van der Waals surface area (Å²) in [6.45, 7) is 6.85. The number of halogens is 2. The van der Waals surface area contributed by atoms with Crippen molar-refractivity contribution in [1.29, 1.82) is 0 Å². The van der Waals surface area contributed by atoms with Gasteiger partial charge < -0.3 is 10.1 Å². The van der Waals surface area contributed by atoms with Gasteiger partial charge in [0.25, 0.3) is 5.91 Å². The average Bonchev–Trinajstić information content (AvgIpc) is 2.89. The number of thiophene rings is 1. The zero-order valence-corrected chi connectivity index (χ0v) is 16.3. The lowest BCUT2D eigenvalue weighted by molar-refractivity contribution is -0.158. The van der Waals surface area contributed by atoms with E-state index in [0.717, 1.165) is 32.6 Å². The zero-order chi connectivity index (χ0) is 19.8. The highest BCUT2D eigenvalue weighted by Gasteiger charge is 2.23. The van der Waals surface area contributed by atoms with Gasteiger partial charge in [-0.1, -0.05) is 12.1 Å². The molecule has 27 heavy (non-hydrogen) atoms. The number of carbonyl (C=O) groups excluding carboxylic acids is 1. The number of nitrogens with zero attached hydrogens (tertiary/aromatic N) is 1. The zero-order valence-electron chi connectivity index (χ0n) is 15.5. The van der Waals surface area contributed by atoms with E-state index in [1.165, 1.54) is 23.5 Å². The maximum atomic E-state index is 12.8. The highest BCUT2D eigenvalue weighted by Crippen LogP contribution is 2.32. The Morgan fingerprint density at radius 2 is 1.89 bits per heavy atom. The molecule has 0 aliphatic heterocycles. The molecule has 0 saturated carbocycles. The fraction of sp³-hybridized carbons (Fsp3) is 0.300. The van der Waals surface area contributed by atoms with E-state index in [0.29, 0.717) is 18.3 Å². The fourth-order valence-electron chi connectivity index (χ4n) is 2.98. The van der Waals surface area contributed by atoms with Crippen molar-refractivity contribution < 1.29 is 18.3 Å². The summed E-state index contributed by atoms with van der Waals surface area (Å²) in [5.41, 5.74) is 3.74. The standard InChI is InChI=1S/C20H20F2N2O2S/c1-11-9-12(2)24-19-16(11)13(3)17(27-19)18(25)23-10-14-5-7-15(8-6-14)26-20(4,21)22/h5-9H,10H2,1-4H3,(H,23,25). The third-order valence-corrected chi connectivity index (χ3v) is 5.29. The van der Waals surface area contributed by atoms with E-state index in [4.69, 9.17) is 0 Å². The highest BCUT2D eigenvalue weighted by molar-refractivity contribution is 7.20. The van der Waals surface area contributed by atoms with Gasteiger partial charge >= 0.3 is 6.11 Å². The molecule has 1 amide bonds. The SMILES string of the molecule is Cc1cc(C)c2c(C)c(C(=O)NCc3ccc(OC(C)(F)F)cc3)sc2n1. The number of nitrogens with one attached hydrogen (secondary N) is 1. The van der Waals surface area contributed by atoms with Crippen LogP contribution in [0.3, 0.4) is 0 Å². The van der Waals surface area contributed by atoms with Crippen LogP contribution in [0.4, 0.5) is 8.78 Å².